The quantitative estimate of drug-likeness (QED) is 0.682. The molecule has 0 atom stereocenters. The van der Waals surface area contributed by atoms with Gasteiger partial charge >= 0.3 is 0 Å². The largest absolute Gasteiger partial charge is 0.320 e. The first-order valence-electron chi connectivity index (χ1n) is 4.17. The Labute approximate surface area is 79.6 Å². The van der Waals surface area contributed by atoms with Crippen LogP contribution in [0.15, 0.2) is 29.2 Å². The molecular formula is C10H8N2O2. The average molecular weight is 188 g/mol. The number of aromatic nitrogens is 2. The van der Waals surface area contributed by atoms with E-state index < -0.39 is 0 Å². The van der Waals surface area contributed by atoms with E-state index >= 15 is 0 Å². The van der Waals surface area contributed by atoms with Crippen molar-refractivity contribution in [3.63, 3.8) is 0 Å². The predicted octanol–water partition coefficient (Wildman–Crippen LogP) is 1.13. The van der Waals surface area contributed by atoms with Crippen molar-refractivity contribution >= 4 is 16.8 Å². The van der Waals surface area contributed by atoms with Crippen molar-refractivity contribution < 1.29 is 4.79 Å². The molecule has 4 heteroatoms. The summed E-state index contributed by atoms with van der Waals surface area (Å²) in [5.41, 5.74) is 1.05. The van der Waals surface area contributed by atoms with Crippen LogP contribution in [0.25, 0.3) is 11.0 Å². The van der Waals surface area contributed by atoms with Crippen LogP contribution in [0.1, 0.15) is 17.3 Å². The van der Waals surface area contributed by atoms with Crippen LogP contribution in [0.5, 0.6) is 0 Å². The van der Waals surface area contributed by atoms with Crippen molar-refractivity contribution in [1.29, 1.82) is 0 Å². The van der Waals surface area contributed by atoms with Gasteiger partial charge in [-0.15, -0.1) is 0 Å². The van der Waals surface area contributed by atoms with Gasteiger partial charge < -0.3 is 4.98 Å². The smallest absolute Gasteiger partial charge is 0.259 e. The highest BCUT2D eigenvalue weighted by Crippen LogP contribution is 2.06. The average Bonchev–Trinajstić information content (AvgIpc) is 2.16. The van der Waals surface area contributed by atoms with Crippen molar-refractivity contribution in [2.24, 2.45) is 0 Å². The normalized spacial score (nSPS) is 10.4. The molecule has 2 heterocycles. The van der Waals surface area contributed by atoms with Gasteiger partial charge in [0, 0.05) is 6.20 Å². The summed E-state index contributed by atoms with van der Waals surface area (Å²) >= 11 is 0. The summed E-state index contributed by atoms with van der Waals surface area (Å²) in [5.74, 6) is -0.251. The third kappa shape index (κ3) is 1.31. The molecule has 0 aliphatic heterocycles. The second-order valence-corrected chi connectivity index (χ2v) is 3.00. The topological polar surface area (TPSA) is 62.8 Å². The van der Waals surface area contributed by atoms with E-state index in [2.05, 4.69) is 9.97 Å². The number of nitrogens with zero attached hydrogens (tertiary/aromatic N) is 1. The second-order valence-electron chi connectivity index (χ2n) is 3.00. The molecule has 0 fully saturated rings. The fourth-order valence-electron chi connectivity index (χ4n) is 1.29. The number of hydrogen-bond donors (Lipinski definition) is 1. The lowest BCUT2D eigenvalue weighted by Crippen LogP contribution is -2.15. The highest BCUT2D eigenvalue weighted by molar-refractivity contribution is 5.96. The third-order valence-corrected chi connectivity index (χ3v) is 1.99. The molecule has 2 aromatic rings. The Morgan fingerprint density at radius 2 is 2.29 bits per heavy atom. The fourth-order valence-corrected chi connectivity index (χ4v) is 1.29. The minimum absolute atomic E-state index is 0.149. The van der Waals surface area contributed by atoms with Gasteiger partial charge in [0.05, 0.1) is 16.6 Å². The van der Waals surface area contributed by atoms with E-state index in [4.69, 9.17) is 0 Å². The van der Waals surface area contributed by atoms with Gasteiger partial charge in [0.25, 0.3) is 5.56 Å². The summed E-state index contributed by atoms with van der Waals surface area (Å²) < 4.78 is 0. The first-order valence-corrected chi connectivity index (χ1v) is 4.17. The van der Waals surface area contributed by atoms with Crippen molar-refractivity contribution in [1.82, 2.24) is 9.97 Å². The van der Waals surface area contributed by atoms with E-state index in [9.17, 15) is 9.59 Å². The molecule has 0 saturated carbocycles. The van der Waals surface area contributed by atoms with Gasteiger partial charge in [-0.05, 0) is 25.1 Å². The minimum atomic E-state index is -0.363. The summed E-state index contributed by atoms with van der Waals surface area (Å²) in [5, 5.41) is 0. The first kappa shape index (κ1) is 8.62. The lowest BCUT2D eigenvalue weighted by atomic mass is 10.2. The van der Waals surface area contributed by atoms with E-state index in [0.29, 0.717) is 11.0 Å². The zero-order valence-corrected chi connectivity index (χ0v) is 7.57. The highest BCUT2D eigenvalue weighted by Gasteiger charge is 2.06. The molecule has 70 valence electrons. The van der Waals surface area contributed by atoms with Gasteiger partial charge in [0.1, 0.15) is 0 Å². The van der Waals surface area contributed by atoms with Crippen LogP contribution in [-0.4, -0.2) is 15.8 Å². The van der Waals surface area contributed by atoms with Crippen molar-refractivity contribution in [2.45, 2.75) is 6.92 Å². The minimum Gasteiger partial charge on any atom is -0.320 e. The number of rotatable bonds is 1. The standard InChI is InChI=1S/C10H8N2O2/c1-6(13)7-5-9-8(12-10(7)14)3-2-4-11-9/h2-5H,1H3,(H,12,14). The molecule has 0 bridgehead atoms. The number of carbonyl (C=O) groups excluding carboxylic acids is 1. The Balaban J connectivity index is 2.84. The molecule has 0 amide bonds. The van der Waals surface area contributed by atoms with Crippen LogP contribution in [-0.2, 0) is 0 Å². The SMILES string of the molecule is CC(=O)c1cc2ncccc2[nH]c1=O. The van der Waals surface area contributed by atoms with Gasteiger partial charge in [-0.1, -0.05) is 0 Å². The summed E-state index contributed by atoms with van der Waals surface area (Å²) in [4.78, 5) is 29.1. The van der Waals surface area contributed by atoms with Crippen LogP contribution in [0.4, 0.5) is 0 Å². The van der Waals surface area contributed by atoms with Crippen molar-refractivity contribution in [2.75, 3.05) is 0 Å². The molecule has 0 radical (unpaired) electrons. The Bertz CT molecular complexity index is 557. The number of carbonyl (C=O) groups is 1. The van der Waals surface area contributed by atoms with Gasteiger partial charge in [-0.2, -0.15) is 0 Å². The summed E-state index contributed by atoms with van der Waals surface area (Å²) in [7, 11) is 0. The second kappa shape index (κ2) is 3.06. The van der Waals surface area contributed by atoms with Gasteiger partial charge in [0.2, 0.25) is 0 Å². The van der Waals surface area contributed by atoms with Gasteiger partial charge in [0.15, 0.2) is 5.78 Å². The molecule has 0 saturated heterocycles. The Hall–Kier alpha value is -1.97. The van der Waals surface area contributed by atoms with E-state index in [1.54, 1.807) is 18.3 Å². The predicted molar refractivity (Wildman–Crippen MR) is 52.4 cm³/mol. The first-order chi connectivity index (χ1) is 6.68. The monoisotopic (exact) mass is 188 g/mol. The fraction of sp³-hybridized carbons (Fsp3) is 0.100. The van der Waals surface area contributed by atoms with E-state index in [-0.39, 0.29) is 16.9 Å². The molecule has 0 aliphatic rings. The summed E-state index contributed by atoms with van der Waals surface area (Å²) in [6, 6.07) is 4.98. The maximum absolute atomic E-state index is 11.4. The molecular weight excluding hydrogens is 180 g/mol. The summed E-state index contributed by atoms with van der Waals surface area (Å²) in [6.07, 6.45) is 1.62. The molecule has 1 N–H and O–H groups in total. The number of pyridine rings is 2. The number of hydrogen-bond acceptors (Lipinski definition) is 3. The van der Waals surface area contributed by atoms with Crippen molar-refractivity contribution in [3.05, 3.63) is 40.3 Å². The maximum atomic E-state index is 11.4. The lowest BCUT2D eigenvalue weighted by Gasteiger charge is -1.98. The zero-order chi connectivity index (χ0) is 10.1. The number of aromatic amines is 1. The highest BCUT2D eigenvalue weighted by atomic mass is 16.1. The maximum Gasteiger partial charge on any atom is 0.259 e. The van der Waals surface area contributed by atoms with Gasteiger partial charge in [-0.25, -0.2) is 0 Å². The van der Waals surface area contributed by atoms with E-state index in [1.807, 2.05) is 0 Å². The van der Waals surface area contributed by atoms with Crippen LogP contribution in [0, 0.1) is 0 Å². The Morgan fingerprint density at radius 3 is 3.00 bits per heavy atom. The summed E-state index contributed by atoms with van der Waals surface area (Å²) in [6.45, 7) is 1.36. The van der Waals surface area contributed by atoms with Crippen LogP contribution in [0.2, 0.25) is 0 Å². The van der Waals surface area contributed by atoms with E-state index in [0.717, 1.165) is 0 Å². The molecule has 14 heavy (non-hydrogen) atoms. The lowest BCUT2D eigenvalue weighted by molar-refractivity contribution is 0.101. The molecule has 2 rings (SSSR count). The van der Waals surface area contributed by atoms with Crippen molar-refractivity contribution in [3.8, 4) is 0 Å². The van der Waals surface area contributed by atoms with Crippen LogP contribution in [0.3, 0.4) is 0 Å². The Kier molecular flexibility index (Phi) is 1.89. The zero-order valence-electron chi connectivity index (χ0n) is 7.57. The number of nitrogens with one attached hydrogen (secondary N) is 1. The third-order valence-electron chi connectivity index (χ3n) is 1.99. The van der Waals surface area contributed by atoms with Crippen LogP contribution < -0.4 is 5.56 Å². The molecule has 0 unspecified atom stereocenters. The Morgan fingerprint density at radius 1 is 1.50 bits per heavy atom. The van der Waals surface area contributed by atoms with Gasteiger partial charge in [-0.3, -0.25) is 14.6 Å². The molecule has 4 nitrogen and oxygen atoms in total. The number of Topliss-reactive ketones (excluding diaryl/α,β-unsaturated/α-hetero) is 1. The number of fused-ring (bicyclic) bond motifs is 1. The van der Waals surface area contributed by atoms with Crippen LogP contribution >= 0.6 is 0 Å². The molecule has 0 spiro atoms. The molecule has 2 aromatic heterocycles. The van der Waals surface area contributed by atoms with E-state index in [1.165, 1.54) is 13.0 Å². The molecule has 0 aliphatic carbocycles. The number of H-pyrrole nitrogens is 1. The molecule has 0 aromatic carbocycles. The number of ketones is 1.